The minimum Gasteiger partial charge on any atom is -0.451 e. The highest BCUT2D eigenvalue weighted by Crippen LogP contribution is 2.34. The van der Waals surface area contributed by atoms with Crippen LogP contribution in [0.4, 0.5) is 0 Å². The van der Waals surface area contributed by atoms with Crippen LogP contribution in [0.2, 0.25) is 0 Å². The number of Topliss-reactive ketones (excluding diaryl/α,β-unsaturated/α-hetero) is 1. The fourth-order valence-corrected chi connectivity index (χ4v) is 4.73. The summed E-state index contributed by atoms with van der Waals surface area (Å²) in [6.07, 6.45) is 0. The quantitative estimate of drug-likeness (QED) is 0.227. The first kappa shape index (κ1) is 17.9. The van der Waals surface area contributed by atoms with Crippen molar-refractivity contribution >= 4 is 50.5 Å². The highest BCUT2D eigenvalue weighted by Gasteiger charge is 2.20. The molecule has 144 valence electrons. The second-order valence-electron chi connectivity index (χ2n) is 7.10. The maximum Gasteiger partial charge on any atom is 0.186 e. The van der Waals surface area contributed by atoms with Crippen molar-refractivity contribution in [3.63, 3.8) is 0 Å². The number of furan rings is 1. The van der Waals surface area contributed by atoms with Crippen molar-refractivity contribution in [2.45, 2.75) is 18.9 Å². The van der Waals surface area contributed by atoms with E-state index in [1.54, 1.807) is 0 Å². The molecule has 0 radical (unpaired) electrons. The molecule has 5 nitrogen and oxygen atoms in total. The fraction of sp³-hybridized carbons (Fsp3) is 0.174. The summed E-state index contributed by atoms with van der Waals surface area (Å²) < 4.78 is 8.08. The van der Waals surface area contributed by atoms with E-state index in [9.17, 15) is 4.79 Å². The van der Waals surface area contributed by atoms with Crippen molar-refractivity contribution in [2.75, 3.05) is 5.75 Å². The van der Waals surface area contributed by atoms with E-state index in [-0.39, 0.29) is 11.5 Å². The van der Waals surface area contributed by atoms with Crippen LogP contribution in [0, 0.1) is 13.8 Å². The van der Waals surface area contributed by atoms with Gasteiger partial charge in [-0.2, -0.15) is 0 Å². The van der Waals surface area contributed by atoms with Crippen molar-refractivity contribution in [1.82, 2.24) is 14.5 Å². The standard InChI is InChI=1S/C23H19N3O2S/c1-13-20(15-8-4-6-10-17(15)26(13)3)18(27)12-29-23-22-21(24-14(2)25-23)16-9-5-7-11-19(16)28-22/h4-11H,12H2,1-3H3. The van der Waals surface area contributed by atoms with Crippen molar-refractivity contribution in [3.8, 4) is 0 Å². The van der Waals surface area contributed by atoms with Gasteiger partial charge in [-0.3, -0.25) is 4.79 Å². The van der Waals surface area contributed by atoms with Gasteiger partial charge in [0.1, 0.15) is 22.0 Å². The van der Waals surface area contributed by atoms with Crippen LogP contribution < -0.4 is 0 Å². The number of para-hydroxylation sites is 2. The van der Waals surface area contributed by atoms with E-state index >= 15 is 0 Å². The lowest BCUT2D eigenvalue weighted by Crippen LogP contribution is -2.05. The number of ketones is 1. The van der Waals surface area contributed by atoms with Gasteiger partial charge >= 0.3 is 0 Å². The molecule has 0 bridgehead atoms. The van der Waals surface area contributed by atoms with Gasteiger partial charge in [-0.25, -0.2) is 9.97 Å². The fourth-order valence-electron chi connectivity index (χ4n) is 3.85. The predicted molar refractivity (Wildman–Crippen MR) is 117 cm³/mol. The maximum atomic E-state index is 13.2. The summed E-state index contributed by atoms with van der Waals surface area (Å²) in [6, 6.07) is 15.8. The Balaban J connectivity index is 1.53. The molecule has 29 heavy (non-hydrogen) atoms. The zero-order chi connectivity index (χ0) is 20.1. The van der Waals surface area contributed by atoms with Crippen molar-refractivity contribution in [1.29, 1.82) is 0 Å². The molecular weight excluding hydrogens is 382 g/mol. The molecule has 0 amide bonds. The molecular formula is C23H19N3O2S. The molecule has 5 aromatic rings. The van der Waals surface area contributed by atoms with Gasteiger partial charge in [0.2, 0.25) is 0 Å². The van der Waals surface area contributed by atoms with Crippen molar-refractivity contribution in [2.24, 2.45) is 7.05 Å². The first-order valence-electron chi connectivity index (χ1n) is 9.40. The summed E-state index contributed by atoms with van der Waals surface area (Å²) in [5.41, 5.74) is 5.04. The molecule has 0 aliphatic carbocycles. The third-order valence-electron chi connectivity index (χ3n) is 5.32. The molecule has 6 heteroatoms. The summed E-state index contributed by atoms with van der Waals surface area (Å²) >= 11 is 1.41. The SMILES string of the molecule is Cc1nc(SCC(=O)c2c(C)n(C)c3ccccc23)c2oc3ccccc3c2n1. The second kappa shape index (κ2) is 6.74. The maximum absolute atomic E-state index is 13.2. The number of rotatable bonds is 4. The van der Waals surface area contributed by atoms with Crippen LogP contribution in [-0.2, 0) is 7.05 Å². The van der Waals surface area contributed by atoms with E-state index in [2.05, 4.69) is 14.5 Å². The summed E-state index contributed by atoms with van der Waals surface area (Å²) in [5.74, 6) is 1.04. The van der Waals surface area contributed by atoms with Crippen LogP contribution in [0.15, 0.2) is 58.0 Å². The number of nitrogens with zero attached hydrogens (tertiary/aromatic N) is 3. The molecule has 3 heterocycles. The number of fused-ring (bicyclic) bond motifs is 4. The second-order valence-corrected chi connectivity index (χ2v) is 8.06. The van der Waals surface area contributed by atoms with Crippen LogP contribution in [0.5, 0.6) is 0 Å². The number of hydrogen-bond acceptors (Lipinski definition) is 5. The molecule has 0 fully saturated rings. The van der Waals surface area contributed by atoms with Crippen molar-refractivity contribution in [3.05, 3.63) is 65.6 Å². The molecule has 0 saturated carbocycles. The number of aromatic nitrogens is 3. The number of carbonyl (C=O) groups is 1. The highest BCUT2D eigenvalue weighted by atomic mass is 32.2. The van der Waals surface area contributed by atoms with Gasteiger partial charge in [-0.1, -0.05) is 42.1 Å². The lowest BCUT2D eigenvalue weighted by atomic mass is 10.1. The average molecular weight is 401 g/mol. The number of hydrogen-bond donors (Lipinski definition) is 0. The normalized spacial score (nSPS) is 11.7. The summed E-state index contributed by atoms with van der Waals surface area (Å²) in [5, 5.41) is 2.66. The predicted octanol–water partition coefficient (Wildman–Crippen LogP) is 5.46. The van der Waals surface area contributed by atoms with Crippen LogP contribution in [0.3, 0.4) is 0 Å². The molecule has 0 aliphatic heterocycles. The zero-order valence-corrected chi connectivity index (χ0v) is 17.2. The Hall–Kier alpha value is -3.12. The van der Waals surface area contributed by atoms with E-state index in [0.29, 0.717) is 16.4 Å². The minimum absolute atomic E-state index is 0.0878. The van der Waals surface area contributed by atoms with E-state index in [1.165, 1.54) is 11.8 Å². The van der Waals surface area contributed by atoms with Crippen LogP contribution in [-0.4, -0.2) is 26.1 Å². The van der Waals surface area contributed by atoms with Gasteiger partial charge in [0.25, 0.3) is 0 Å². The van der Waals surface area contributed by atoms with E-state index in [4.69, 9.17) is 4.42 Å². The largest absolute Gasteiger partial charge is 0.451 e. The smallest absolute Gasteiger partial charge is 0.186 e. The number of aryl methyl sites for hydroxylation is 2. The number of carbonyl (C=O) groups excluding carboxylic acids is 1. The Morgan fingerprint density at radius 1 is 1.03 bits per heavy atom. The molecule has 0 aliphatic rings. The third kappa shape index (κ3) is 2.83. The molecule has 2 aromatic carbocycles. The molecule has 3 aromatic heterocycles. The Morgan fingerprint density at radius 3 is 2.59 bits per heavy atom. The molecule has 0 atom stereocenters. The lowest BCUT2D eigenvalue weighted by Gasteiger charge is -2.04. The number of benzene rings is 2. The van der Waals surface area contributed by atoms with E-state index in [1.807, 2.05) is 69.4 Å². The number of thioether (sulfide) groups is 1. The molecule has 0 unspecified atom stereocenters. The molecule has 0 spiro atoms. The Bertz CT molecular complexity index is 1410. The van der Waals surface area contributed by atoms with E-state index in [0.717, 1.165) is 38.6 Å². The lowest BCUT2D eigenvalue weighted by molar-refractivity contribution is 0.102. The van der Waals surface area contributed by atoms with Crippen LogP contribution in [0.1, 0.15) is 21.9 Å². The first-order chi connectivity index (χ1) is 14.0. The zero-order valence-electron chi connectivity index (χ0n) is 16.4. The van der Waals surface area contributed by atoms with Crippen LogP contribution >= 0.6 is 11.8 Å². The molecule has 0 saturated heterocycles. The highest BCUT2D eigenvalue weighted by molar-refractivity contribution is 8.00. The van der Waals surface area contributed by atoms with Crippen molar-refractivity contribution < 1.29 is 9.21 Å². The Labute approximate surface area is 171 Å². The summed E-state index contributed by atoms with van der Waals surface area (Å²) in [7, 11) is 1.99. The Morgan fingerprint density at radius 2 is 1.76 bits per heavy atom. The summed E-state index contributed by atoms with van der Waals surface area (Å²) in [6.45, 7) is 3.85. The minimum atomic E-state index is 0.0878. The first-order valence-corrected chi connectivity index (χ1v) is 10.4. The van der Waals surface area contributed by atoms with Gasteiger partial charge < -0.3 is 8.98 Å². The van der Waals surface area contributed by atoms with Gasteiger partial charge in [-0.15, -0.1) is 0 Å². The van der Waals surface area contributed by atoms with E-state index < -0.39 is 0 Å². The van der Waals surface area contributed by atoms with Gasteiger partial charge in [0.15, 0.2) is 11.4 Å². The van der Waals surface area contributed by atoms with Gasteiger partial charge in [0, 0.05) is 34.6 Å². The molecule has 5 rings (SSSR count). The average Bonchev–Trinajstić information content (AvgIpc) is 3.22. The Kier molecular flexibility index (Phi) is 4.17. The topological polar surface area (TPSA) is 60.9 Å². The van der Waals surface area contributed by atoms with Gasteiger partial charge in [-0.05, 0) is 32.0 Å². The van der Waals surface area contributed by atoms with Gasteiger partial charge in [0.05, 0.1) is 5.75 Å². The monoisotopic (exact) mass is 401 g/mol. The van der Waals surface area contributed by atoms with Crippen LogP contribution in [0.25, 0.3) is 33.0 Å². The summed E-state index contributed by atoms with van der Waals surface area (Å²) in [4.78, 5) is 22.3. The molecule has 0 N–H and O–H groups in total. The third-order valence-corrected chi connectivity index (χ3v) is 6.28.